The Labute approximate surface area is 166 Å². The number of benzene rings is 1. The number of rotatable bonds is 5. The van der Waals surface area contributed by atoms with E-state index in [9.17, 15) is 9.59 Å². The van der Waals surface area contributed by atoms with Gasteiger partial charge in [0.2, 0.25) is 0 Å². The Kier molecular flexibility index (Phi) is 9.38. The molecule has 0 aromatic heterocycles. The van der Waals surface area contributed by atoms with Crippen LogP contribution in [0.2, 0.25) is 0 Å². The lowest BCUT2D eigenvalue weighted by molar-refractivity contribution is 0.0481. The molecule has 1 fully saturated rings. The van der Waals surface area contributed by atoms with Crippen LogP contribution in [-0.4, -0.2) is 29.9 Å². The van der Waals surface area contributed by atoms with Crippen LogP contribution in [-0.2, 0) is 16.1 Å². The molecule has 0 saturated heterocycles. The molecule has 152 valence electrons. The normalized spacial score (nSPS) is 19.4. The van der Waals surface area contributed by atoms with Crippen molar-refractivity contribution in [1.29, 1.82) is 0 Å². The van der Waals surface area contributed by atoms with Gasteiger partial charge in [-0.15, -0.1) is 12.4 Å². The van der Waals surface area contributed by atoms with Crippen LogP contribution in [0.4, 0.5) is 9.59 Å². The van der Waals surface area contributed by atoms with Crippen LogP contribution in [0, 0.1) is 0 Å². The number of alkyl carbamates (subject to hydrolysis) is 1. The van der Waals surface area contributed by atoms with Crippen molar-refractivity contribution in [1.82, 2.24) is 16.2 Å². The van der Waals surface area contributed by atoms with Gasteiger partial charge in [0.1, 0.15) is 12.2 Å². The molecule has 1 aliphatic rings. The minimum Gasteiger partial charge on any atom is -0.445 e. The molecule has 27 heavy (non-hydrogen) atoms. The van der Waals surface area contributed by atoms with Crippen LogP contribution in [0.1, 0.15) is 52.0 Å². The SMILES string of the molecule is CC(C)(C)OC(=O)NNC1CCC(NC(=O)OCc2ccccc2)CC1.Cl. The summed E-state index contributed by atoms with van der Waals surface area (Å²) in [5.41, 5.74) is 6.02. The number of halogens is 1. The Morgan fingerprint density at radius 1 is 1.00 bits per heavy atom. The van der Waals surface area contributed by atoms with E-state index >= 15 is 0 Å². The smallest absolute Gasteiger partial charge is 0.422 e. The van der Waals surface area contributed by atoms with Gasteiger partial charge >= 0.3 is 12.2 Å². The summed E-state index contributed by atoms with van der Waals surface area (Å²) < 4.78 is 10.4. The van der Waals surface area contributed by atoms with Gasteiger partial charge < -0.3 is 14.8 Å². The number of hydrogen-bond donors (Lipinski definition) is 3. The van der Waals surface area contributed by atoms with Crippen LogP contribution in [0.5, 0.6) is 0 Å². The van der Waals surface area contributed by atoms with Crippen LogP contribution in [0.25, 0.3) is 0 Å². The second-order valence-electron chi connectivity index (χ2n) is 7.53. The molecule has 0 aliphatic heterocycles. The van der Waals surface area contributed by atoms with Gasteiger partial charge in [-0.25, -0.2) is 15.0 Å². The molecule has 1 aliphatic carbocycles. The Morgan fingerprint density at radius 2 is 1.59 bits per heavy atom. The zero-order valence-electron chi connectivity index (χ0n) is 16.1. The molecule has 0 radical (unpaired) electrons. The standard InChI is InChI=1S/C19H29N3O4.ClH/c1-19(2,3)26-18(24)22-21-16-11-9-15(10-12-16)20-17(23)25-13-14-7-5-4-6-8-14;/h4-8,15-16,21H,9-13H2,1-3H3,(H,20,23)(H,22,24);1H. The highest BCUT2D eigenvalue weighted by atomic mass is 35.5. The van der Waals surface area contributed by atoms with Crippen LogP contribution >= 0.6 is 12.4 Å². The second-order valence-corrected chi connectivity index (χ2v) is 7.53. The van der Waals surface area contributed by atoms with Gasteiger partial charge in [-0.1, -0.05) is 30.3 Å². The summed E-state index contributed by atoms with van der Waals surface area (Å²) in [4.78, 5) is 23.5. The third kappa shape index (κ3) is 9.49. The fraction of sp³-hybridized carbons (Fsp3) is 0.579. The van der Waals surface area contributed by atoms with E-state index in [0.29, 0.717) is 0 Å². The Balaban J connectivity index is 0.00000364. The molecular formula is C19H30ClN3O4. The van der Waals surface area contributed by atoms with Crippen molar-refractivity contribution in [2.75, 3.05) is 0 Å². The van der Waals surface area contributed by atoms with E-state index in [1.807, 2.05) is 51.1 Å². The number of amides is 2. The van der Waals surface area contributed by atoms with E-state index in [0.717, 1.165) is 31.2 Å². The molecule has 0 unspecified atom stereocenters. The molecule has 0 heterocycles. The van der Waals surface area contributed by atoms with Crippen molar-refractivity contribution >= 4 is 24.6 Å². The van der Waals surface area contributed by atoms with E-state index in [1.165, 1.54) is 0 Å². The molecule has 1 aromatic rings. The van der Waals surface area contributed by atoms with Gasteiger partial charge in [-0.3, -0.25) is 5.43 Å². The van der Waals surface area contributed by atoms with Crippen molar-refractivity contribution in [3.63, 3.8) is 0 Å². The molecule has 0 bridgehead atoms. The van der Waals surface area contributed by atoms with Crippen molar-refractivity contribution < 1.29 is 19.1 Å². The van der Waals surface area contributed by atoms with Crippen molar-refractivity contribution in [2.24, 2.45) is 0 Å². The maximum atomic E-state index is 11.9. The first-order valence-electron chi connectivity index (χ1n) is 9.03. The molecule has 1 aromatic carbocycles. The highest BCUT2D eigenvalue weighted by molar-refractivity contribution is 5.85. The summed E-state index contributed by atoms with van der Waals surface area (Å²) in [6, 6.07) is 9.85. The lowest BCUT2D eigenvalue weighted by Crippen LogP contribution is -2.49. The van der Waals surface area contributed by atoms with Gasteiger partial charge in [-0.2, -0.15) is 0 Å². The lowest BCUT2D eigenvalue weighted by Gasteiger charge is -2.29. The summed E-state index contributed by atoms with van der Waals surface area (Å²) in [6.07, 6.45) is 2.47. The molecule has 7 nitrogen and oxygen atoms in total. The third-order valence-corrected chi connectivity index (χ3v) is 4.04. The minimum absolute atomic E-state index is 0. The van der Waals surface area contributed by atoms with Crippen LogP contribution in [0.3, 0.4) is 0 Å². The topological polar surface area (TPSA) is 88.7 Å². The van der Waals surface area contributed by atoms with Crippen molar-refractivity contribution in [2.45, 2.75) is 70.7 Å². The number of nitrogens with one attached hydrogen (secondary N) is 3. The first-order valence-corrected chi connectivity index (χ1v) is 9.03. The van der Waals surface area contributed by atoms with Crippen molar-refractivity contribution in [3.05, 3.63) is 35.9 Å². The molecule has 8 heteroatoms. The van der Waals surface area contributed by atoms with Gasteiger partial charge in [-0.05, 0) is 52.0 Å². The highest BCUT2D eigenvalue weighted by Gasteiger charge is 2.24. The minimum atomic E-state index is -0.520. The summed E-state index contributed by atoms with van der Waals surface area (Å²) in [5.74, 6) is 0. The maximum absolute atomic E-state index is 11.9. The molecule has 1 saturated carbocycles. The number of hydrazine groups is 1. The third-order valence-electron chi connectivity index (χ3n) is 4.04. The number of ether oxygens (including phenoxy) is 2. The average molecular weight is 400 g/mol. The predicted molar refractivity (Wildman–Crippen MR) is 106 cm³/mol. The zero-order chi connectivity index (χ0) is 19.0. The van der Waals surface area contributed by atoms with Crippen LogP contribution in [0.15, 0.2) is 30.3 Å². The van der Waals surface area contributed by atoms with Gasteiger partial charge in [0.15, 0.2) is 0 Å². The summed E-state index contributed by atoms with van der Waals surface area (Å²) in [7, 11) is 0. The Hall–Kier alpha value is -1.99. The van der Waals surface area contributed by atoms with E-state index in [1.54, 1.807) is 0 Å². The molecule has 0 spiro atoms. The van der Waals surface area contributed by atoms with Crippen molar-refractivity contribution in [3.8, 4) is 0 Å². The number of hydrogen-bond acceptors (Lipinski definition) is 5. The largest absolute Gasteiger partial charge is 0.445 e. The fourth-order valence-corrected chi connectivity index (χ4v) is 2.78. The Morgan fingerprint density at radius 3 is 2.19 bits per heavy atom. The molecule has 2 amide bonds. The number of carbonyl (C=O) groups excluding carboxylic acids is 2. The lowest BCUT2D eigenvalue weighted by atomic mass is 9.92. The van der Waals surface area contributed by atoms with Crippen LogP contribution < -0.4 is 16.2 Å². The average Bonchev–Trinajstić information content (AvgIpc) is 2.59. The summed E-state index contributed by atoms with van der Waals surface area (Å²) in [5, 5.41) is 2.90. The van der Waals surface area contributed by atoms with E-state index in [4.69, 9.17) is 9.47 Å². The fourth-order valence-electron chi connectivity index (χ4n) is 2.78. The zero-order valence-corrected chi connectivity index (χ0v) is 16.9. The number of carbonyl (C=O) groups is 2. The summed E-state index contributed by atoms with van der Waals surface area (Å²) >= 11 is 0. The maximum Gasteiger partial charge on any atom is 0.422 e. The predicted octanol–water partition coefficient (Wildman–Crippen LogP) is 3.68. The van der Waals surface area contributed by atoms with Gasteiger partial charge in [0.05, 0.1) is 0 Å². The molecule has 2 rings (SSSR count). The Bertz CT molecular complexity index is 584. The van der Waals surface area contributed by atoms with Gasteiger partial charge in [0, 0.05) is 12.1 Å². The quantitative estimate of drug-likeness (QED) is 0.657. The molecular weight excluding hydrogens is 370 g/mol. The second kappa shape index (κ2) is 11.0. The van der Waals surface area contributed by atoms with E-state index in [2.05, 4.69) is 16.2 Å². The van der Waals surface area contributed by atoms with Gasteiger partial charge in [0.25, 0.3) is 0 Å². The first kappa shape index (κ1) is 23.0. The van der Waals surface area contributed by atoms with E-state index in [-0.39, 0.29) is 31.1 Å². The molecule has 3 N–H and O–H groups in total. The monoisotopic (exact) mass is 399 g/mol. The highest BCUT2D eigenvalue weighted by Crippen LogP contribution is 2.18. The summed E-state index contributed by atoms with van der Waals surface area (Å²) in [6.45, 7) is 5.73. The first-order chi connectivity index (χ1) is 12.3. The van der Waals surface area contributed by atoms with E-state index < -0.39 is 17.8 Å². The molecule has 0 atom stereocenters.